The summed E-state index contributed by atoms with van der Waals surface area (Å²) in [5.74, 6) is 8.97. The standard InChI is InChI=1S/C25H16N4.C16H11N3.C9H6BrN/c1-2-4-24-20(3-1)10-12-22(28-24)11-7-18-5-8-21(9-6-18)25-23(17-27-29-25)19-13-15-26-16-14-19;1-2-12-3-5-14(6-4-12)16-15(11-18-19-16)13-7-9-17-10-8-13;10-9-6-5-7-3-1-2-4-8(7)11-9/h1-6,8-10,12-17H,(H,27,29);1,3-11H,(H,18,19);1-6H. The monoisotopic (exact) mass is 824 g/mol. The molecule has 6 heterocycles. The summed E-state index contributed by atoms with van der Waals surface area (Å²) in [5.41, 5.74) is 12.9. The van der Waals surface area contributed by atoms with Gasteiger partial charge in [0.05, 0.1) is 34.8 Å². The maximum atomic E-state index is 5.36. The van der Waals surface area contributed by atoms with Crippen LogP contribution in [0.15, 0.2) is 187 Å². The summed E-state index contributed by atoms with van der Waals surface area (Å²) in [5, 5.41) is 16.8. The van der Waals surface area contributed by atoms with Crippen LogP contribution in [0.5, 0.6) is 0 Å². The van der Waals surface area contributed by atoms with E-state index in [4.69, 9.17) is 6.42 Å². The molecule has 0 aliphatic carbocycles. The summed E-state index contributed by atoms with van der Waals surface area (Å²) in [4.78, 5) is 17.0. The number of rotatable bonds is 4. The number of hydrogen-bond acceptors (Lipinski definition) is 6. The van der Waals surface area contributed by atoms with Gasteiger partial charge in [-0.1, -0.05) is 84.6 Å². The third-order valence-corrected chi connectivity index (χ3v) is 9.71. The lowest BCUT2D eigenvalue weighted by molar-refractivity contribution is 1.10. The van der Waals surface area contributed by atoms with Gasteiger partial charge in [-0.3, -0.25) is 20.2 Å². The number of nitrogens with zero attached hydrogens (tertiary/aromatic N) is 6. The van der Waals surface area contributed by atoms with E-state index in [2.05, 4.69) is 92.2 Å². The smallest absolute Gasteiger partial charge is 0.114 e. The Labute approximate surface area is 349 Å². The minimum atomic E-state index is 0.765. The predicted molar refractivity (Wildman–Crippen MR) is 240 cm³/mol. The SMILES string of the molecule is Brc1ccc2ccccc2n1.C#Cc1ccc(-c2[nH]ncc2-c2ccncc2)cc1.C(#Cc1ccc2ccccc2n1)c1ccc(-c2[nH]ncc2-c2ccncc2)cc1. The van der Waals surface area contributed by atoms with Crippen LogP contribution >= 0.6 is 15.9 Å². The molecule has 0 radical (unpaired) electrons. The van der Waals surface area contributed by atoms with Crippen molar-refractivity contribution >= 4 is 37.7 Å². The minimum absolute atomic E-state index is 0.765. The number of aromatic amines is 2. The number of nitrogens with one attached hydrogen (secondary N) is 2. The summed E-state index contributed by atoms with van der Waals surface area (Å²) in [6.45, 7) is 0. The molecule has 4 aromatic carbocycles. The lowest BCUT2D eigenvalue weighted by Gasteiger charge is -2.03. The molecule has 0 amide bonds. The second-order valence-corrected chi connectivity index (χ2v) is 13.9. The summed E-state index contributed by atoms with van der Waals surface area (Å²) < 4.78 is 0.885. The average Bonchev–Trinajstić information content (AvgIpc) is 4.01. The van der Waals surface area contributed by atoms with Gasteiger partial charge in [0.2, 0.25) is 0 Å². The van der Waals surface area contributed by atoms with E-state index in [-0.39, 0.29) is 0 Å². The Hall–Kier alpha value is -7.98. The van der Waals surface area contributed by atoms with Gasteiger partial charge >= 0.3 is 0 Å². The molecule has 0 aliphatic heterocycles. The van der Waals surface area contributed by atoms with Gasteiger partial charge in [-0.05, 0) is 106 Å². The second-order valence-electron chi connectivity index (χ2n) is 13.1. The number of halogens is 1. The molecule has 0 spiro atoms. The zero-order valence-corrected chi connectivity index (χ0v) is 33.0. The molecule has 280 valence electrons. The Kier molecular flexibility index (Phi) is 11.8. The Bertz CT molecular complexity index is 3070. The molecular weight excluding hydrogens is 793 g/mol. The fourth-order valence-corrected chi connectivity index (χ4v) is 6.60. The van der Waals surface area contributed by atoms with Crippen LogP contribution in [0.25, 0.3) is 66.6 Å². The van der Waals surface area contributed by atoms with Gasteiger partial charge in [-0.15, -0.1) is 6.42 Å². The maximum absolute atomic E-state index is 5.36. The lowest BCUT2D eigenvalue weighted by atomic mass is 10.0. The highest BCUT2D eigenvalue weighted by Gasteiger charge is 2.11. The number of H-pyrrole nitrogens is 2. The van der Waals surface area contributed by atoms with Gasteiger partial charge in [0, 0.05) is 68.9 Å². The van der Waals surface area contributed by atoms with Crippen molar-refractivity contribution in [2.24, 2.45) is 0 Å². The van der Waals surface area contributed by atoms with Gasteiger partial charge in [-0.25, -0.2) is 9.97 Å². The largest absolute Gasteiger partial charge is 0.277 e. The highest BCUT2D eigenvalue weighted by atomic mass is 79.9. The van der Waals surface area contributed by atoms with E-state index in [1.54, 1.807) is 24.8 Å². The summed E-state index contributed by atoms with van der Waals surface area (Å²) >= 11 is 3.32. The zero-order chi connectivity index (χ0) is 40.2. The number of hydrogen-bond donors (Lipinski definition) is 2. The lowest BCUT2D eigenvalue weighted by Crippen LogP contribution is -1.85. The maximum Gasteiger partial charge on any atom is 0.114 e. The van der Waals surface area contributed by atoms with E-state index >= 15 is 0 Å². The molecule has 0 unspecified atom stereocenters. The van der Waals surface area contributed by atoms with E-state index < -0.39 is 0 Å². The van der Waals surface area contributed by atoms with Gasteiger partial charge in [0.1, 0.15) is 10.3 Å². The molecular formula is C50H33BrN8. The van der Waals surface area contributed by atoms with Crippen molar-refractivity contribution in [1.82, 2.24) is 40.3 Å². The Morgan fingerprint density at radius 1 is 0.458 bits per heavy atom. The first-order chi connectivity index (χ1) is 29.1. The van der Waals surface area contributed by atoms with E-state index in [9.17, 15) is 0 Å². The van der Waals surface area contributed by atoms with Crippen LogP contribution in [-0.2, 0) is 0 Å². The van der Waals surface area contributed by atoms with Gasteiger partial charge in [0.15, 0.2) is 0 Å². The van der Waals surface area contributed by atoms with Crippen molar-refractivity contribution in [3.05, 3.63) is 204 Å². The van der Waals surface area contributed by atoms with Crippen molar-refractivity contribution in [3.63, 3.8) is 0 Å². The topological polar surface area (TPSA) is 109 Å². The molecule has 59 heavy (non-hydrogen) atoms. The predicted octanol–water partition coefficient (Wildman–Crippen LogP) is 11.2. The molecule has 2 N–H and O–H groups in total. The zero-order valence-electron chi connectivity index (χ0n) is 31.5. The number of terminal acetylenes is 1. The quantitative estimate of drug-likeness (QED) is 0.135. The van der Waals surface area contributed by atoms with Gasteiger partial charge in [-0.2, -0.15) is 10.2 Å². The van der Waals surface area contributed by atoms with Crippen LogP contribution < -0.4 is 0 Å². The second kappa shape index (κ2) is 18.3. The highest BCUT2D eigenvalue weighted by Crippen LogP contribution is 2.31. The van der Waals surface area contributed by atoms with Crippen LogP contribution in [0.4, 0.5) is 0 Å². The fourth-order valence-electron chi connectivity index (χ4n) is 6.28. The Balaban J connectivity index is 0.000000137. The number of aromatic nitrogens is 8. The number of pyridine rings is 4. The molecule has 10 aromatic rings. The Morgan fingerprint density at radius 2 is 0.949 bits per heavy atom. The number of fused-ring (bicyclic) bond motifs is 2. The molecule has 6 aromatic heterocycles. The number of para-hydroxylation sites is 2. The van der Waals surface area contributed by atoms with E-state index in [1.807, 2.05) is 140 Å². The van der Waals surface area contributed by atoms with Crippen molar-refractivity contribution in [1.29, 1.82) is 0 Å². The molecule has 0 fully saturated rings. The highest BCUT2D eigenvalue weighted by molar-refractivity contribution is 9.10. The van der Waals surface area contributed by atoms with Crippen molar-refractivity contribution in [3.8, 4) is 69.0 Å². The fraction of sp³-hybridized carbons (Fsp3) is 0. The minimum Gasteiger partial charge on any atom is -0.277 e. The summed E-state index contributed by atoms with van der Waals surface area (Å²) in [6, 6.07) is 47.9. The van der Waals surface area contributed by atoms with Gasteiger partial charge in [0.25, 0.3) is 0 Å². The Morgan fingerprint density at radius 3 is 1.49 bits per heavy atom. The summed E-state index contributed by atoms with van der Waals surface area (Å²) in [6.07, 6.45) is 16.1. The first-order valence-electron chi connectivity index (χ1n) is 18.6. The van der Waals surface area contributed by atoms with Crippen molar-refractivity contribution in [2.45, 2.75) is 0 Å². The van der Waals surface area contributed by atoms with Crippen LogP contribution in [-0.4, -0.2) is 40.3 Å². The summed E-state index contributed by atoms with van der Waals surface area (Å²) in [7, 11) is 0. The van der Waals surface area contributed by atoms with Crippen LogP contribution in [0.3, 0.4) is 0 Å². The normalized spacial score (nSPS) is 10.3. The first-order valence-corrected chi connectivity index (χ1v) is 19.3. The molecule has 0 atom stereocenters. The van der Waals surface area contributed by atoms with Crippen LogP contribution in [0.2, 0.25) is 0 Å². The molecule has 0 aliphatic rings. The molecule has 8 nitrogen and oxygen atoms in total. The van der Waals surface area contributed by atoms with Crippen LogP contribution in [0, 0.1) is 24.2 Å². The number of benzene rings is 4. The van der Waals surface area contributed by atoms with Gasteiger partial charge < -0.3 is 0 Å². The van der Waals surface area contributed by atoms with E-state index in [0.717, 1.165) is 82.6 Å². The molecule has 0 saturated carbocycles. The molecule has 0 saturated heterocycles. The molecule has 9 heteroatoms. The van der Waals surface area contributed by atoms with Crippen molar-refractivity contribution < 1.29 is 0 Å². The van der Waals surface area contributed by atoms with E-state index in [0.29, 0.717) is 0 Å². The molecule has 0 bridgehead atoms. The first kappa shape index (κ1) is 37.9. The van der Waals surface area contributed by atoms with Crippen molar-refractivity contribution in [2.75, 3.05) is 0 Å². The van der Waals surface area contributed by atoms with Crippen LogP contribution in [0.1, 0.15) is 16.8 Å². The third kappa shape index (κ3) is 9.36. The average molecular weight is 826 g/mol. The molecule has 10 rings (SSSR count). The van der Waals surface area contributed by atoms with E-state index in [1.165, 1.54) is 5.39 Å². The third-order valence-electron chi connectivity index (χ3n) is 9.27.